The predicted octanol–water partition coefficient (Wildman–Crippen LogP) is 3.03. The Morgan fingerprint density at radius 2 is 1.96 bits per heavy atom. The first kappa shape index (κ1) is 21.7. The summed E-state index contributed by atoms with van der Waals surface area (Å²) in [6.45, 7) is 1.67. The summed E-state index contributed by atoms with van der Waals surface area (Å²) in [6.07, 6.45) is -2.32. The fourth-order valence-corrected chi connectivity index (χ4v) is 2.97. The molecule has 0 saturated carbocycles. The smallest absolute Gasteiger partial charge is 0.381 e. The lowest BCUT2D eigenvalue weighted by Gasteiger charge is -2.38. The number of ether oxygens (including phenoxy) is 1. The Bertz CT molecular complexity index is 561. The van der Waals surface area contributed by atoms with Gasteiger partial charge in [0.25, 0.3) is 0 Å². The van der Waals surface area contributed by atoms with Gasteiger partial charge in [0.2, 0.25) is 5.91 Å². The fraction of sp³-hybridized carbons (Fsp3) is 0.588. The molecule has 0 bridgehead atoms. The van der Waals surface area contributed by atoms with Crippen molar-refractivity contribution < 1.29 is 22.7 Å². The van der Waals surface area contributed by atoms with Crippen molar-refractivity contribution in [1.29, 1.82) is 0 Å². The topological polar surface area (TPSA) is 64.4 Å². The highest BCUT2D eigenvalue weighted by Gasteiger charge is 2.37. The van der Waals surface area contributed by atoms with Gasteiger partial charge in [-0.2, -0.15) is 13.2 Å². The number of alkyl halides is 3. The van der Waals surface area contributed by atoms with Crippen LogP contribution in [0.25, 0.3) is 0 Å². The molecular formula is C17H24ClF3N2O2. The molecule has 1 amide bonds. The molecule has 1 fully saturated rings. The van der Waals surface area contributed by atoms with Crippen molar-refractivity contribution in [3.63, 3.8) is 0 Å². The lowest BCUT2D eigenvalue weighted by Crippen LogP contribution is -2.44. The van der Waals surface area contributed by atoms with Crippen molar-refractivity contribution in [3.8, 4) is 0 Å². The first-order valence-corrected chi connectivity index (χ1v) is 8.10. The number of halogens is 4. The molecule has 142 valence electrons. The highest BCUT2D eigenvalue weighted by atomic mass is 35.5. The van der Waals surface area contributed by atoms with E-state index < -0.39 is 17.2 Å². The molecule has 4 nitrogen and oxygen atoms in total. The maximum absolute atomic E-state index is 13.0. The molecule has 0 spiro atoms. The molecule has 0 atom stereocenters. The van der Waals surface area contributed by atoms with Crippen LogP contribution in [-0.2, 0) is 21.1 Å². The molecule has 1 heterocycles. The van der Waals surface area contributed by atoms with Gasteiger partial charge in [0.05, 0.1) is 5.56 Å². The first-order valence-electron chi connectivity index (χ1n) is 8.10. The lowest BCUT2D eigenvalue weighted by atomic mass is 9.73. The minimum absolute atomic E-state index is 0. The number of rotatable bonds is 6. The largest absolute Gasteiger partial charge is 0.416 e. The van der Waals surface area contributed by atoms with Crippen LogP contribution in [0.2, 0.25) is 0 Å². The van der Waals surface area contributed by atoms with E-state index >= 15 is 0 Å². The molecule has 25 heavy (non-hydrogen) atoms. The Balaban J connectivity index is 0.00000312. The molecule has 1 saturated heterocycles. The van der Waals surface area contributed by atoms with E-state index in [4.69, 9.17) is 10.5 Å². The SMILES string of the molecule is Cl.NCCCC(=O)NCC1(c2cccc(C(F)(F)F)c2)CCOCC1. The molecule has 1 aromatic carbocycles. The third kappa shape index (κ3) is 5.87. The molecule has 0 aromatic heterocycles. The van der Waals surface area contributed by atoms with E-state index in [1.165, 1.54) is 12.1 Å². The van der Waals surface area contributed by atoms with E-state index in [1.54, 1.807) is 6.07 Å². The van der Waals surface area contributed by atoms with Crippen LogP contribution in [0.5, 0.6) is 0 Å². The van der Waals surface area contributed by atoms with E-state index in [2.05, 4.69) is 5.32 Å². The van der Waals surface area contributed by atoms with Crippen LogP contribution in [0.15, 0.2) is 24.3 Å². The van der Waals surface area contributed by atoms with Crippen molar-refractivity contribution in [2.24, 2.45) is 5.73 Å². The van der Waals surface area contributed by atoms with E-state index in [-0.39, 0.29) is 18.3 Å². The minimum atomic E-state index is -4.38. The van der Waals surface area contributed by atoms with Crippen LogP contribution >= 0.6 is 12.4 Å². The molecular weight excluding hydrogens is 357 g/mol. The number of carbonyl (C=O) groups is 1. The number of nitrogens with one attached hydrogen (secondary N) is 1. The molecule has 1 aliphatic rings. The predicted molar refractivity (Wildman–Crippen MR) is 91.7 cm³/mol. The number of carbonyl (C=O) groups excluding carboxylic acids is 1. The molecule has 1 aromatic rings. The summed E-state index contributed by atoms with van der Waals surface area (Å²) in [5.74, 6) is -0.127. The zero-order valence-corrected chi connectivity index (χ0v) is 14.7. The van der Waals surface area contributed by atoms with Gasteiger partial charge in [-0.1, -0.05) is 18.2 Å². The maximum atomic E-state index is 13.0. The summed E-state index contributed by atoms with van der Waals surface area (Å²) in [7, 11) is 0. The Kier molecular flexibility index (Phi) is 8.18. The number of amides is 1. The van der Waals surface area contributed by atoms with E-state index in [0.717, 1.165) is 6.07 Å². The van der Waals surface area contributed by atoms with Gasteiger partial charge in [0.15, 0.2) is 0 Å². The number of benzene rings is 1. The summed E-state index contributed by atoms with van der Waals surface area (Å²) in [6, 6.07) is 5.38. The number of hydrogen-bond donors (Lipinski definition) is 2. The van der Waals surface area contributed by atoms with Crippen molar-refractivity contribution in [3.05, 3.63) is 35.4 Å². The van der Waals surface area contributed by atoms with Gasteiger partial charge >= 0.3 is 6.18 Å². The molecule has 0 unspecified atom stereocenters. The van der Waals surface area contributed by atoms with Crippen LogP contribution in [0, 0.1) is 0 Å². The van der Waals surface area contributed by atoms with Crippen LogP contribution in [0.1, 0.15) is 36.8 Å². The van der Waals surface area contributed by atoms with Gasteiger partial charge in [-0.25, -0.2) is 0 Å². The second kappa shape index (κ2) is 9.40. The van der Waals surface area contributed by atoms with Gasteiger partial charge in [0, 0.05) is 31.6 Å². The lowest BCUT2D eigenvalue weighted by molar-refractivity contribution is -0.137. The summed E-state index contributed by atoms with van der Waals surface area (Å²) in [5, 5.41) is 2.85. The molecule has 2 rings (SSSR count). The normalized spacial score (nSPS) is 16.8. The number of hydrogen-bond acceptors (Lipinski definition) is 3. The second-order valence-corrected chi connectivity index (χ2v) is 6.14. The van der Waals surface area contributed by atoms with E-state index in [9.17, 15) is 18.0 Å². The van der Waals surface area contributed by atoms with Crippen molar-refractivity contribution in [2.45, 2.75) is 37.3 Å². The van der Waals surface area contributed by atoms with Gasteiger partial charge in [-0.3, -0.25) is 4.79 Å². The fourth-order valence-electron chi connectivity index (χ4n) is 2.97. The molecule has 3 N–H and O–H groups in total. The zero-order chi connectivity index (χ0) is 17.6. The van der Waals surface area contributed by atoms with E-state index in [1.807, 2.05) is 0 Å². The van der Waals surface area contributed by atoms with Crippen molar-refractivity contribution in [2.75, 3.05) is 26.3 Å². The average molecular weight is 381 g/mol. The van der Waals surface area contributed by atoms with Gasteiger partial charge < -0.3 is 15.8 Å². The number of nitrogens with two attached hydrogens (primary N) is 1. The molecule has 1 aliphatic heterocycles. The van der Waals surface area contributed by atoms with Crippen molar-refractivity contribution >= 4 is 18.3 Å². The quantitative estimate of drug-likeness (QED) is 0.797. The Morgan fingerprint density at radius 3 is 2.56 bits per heavy atom. The first-order chi connectivity index (χ1) is 11.4. The zero-order valence-electron chi connectivity index (χ0n) is 13.9. The summed E-state index contributed by atoms with van der Waals surface area (Å²) < 4.78 is 44.4. The monoisotopic (exact) mass is 380 g/mol. The third-order valence-corrected chi connectivity index (χ3v) is 4.48. The second-order valence-electron chi connectivity index (χ2n) is 6.14. The highest BCUT2D eigenvalue weighted by Crippen LogP contribution is 2.37. The van der Waals surface area contributed by atoms with Crippen LogP contribution in [0.3, 0.4) is 0 Å². The van der Waals surface area contributed by atoms with E-state index in [0.29, 0.717) is 57.6 Å². The highest BCUT2D eigenvalue weighted by molar-refractivity contribution is 5.85. The standard InChI is InChI=1S/C17H23F3N2O2.ClH/c18-17(19,20)14-4-1-3-13(11-14)16(6-9-24-10-7-16)12-22-15(23)5-2-8-21;/h1,3-4,11H,2,5-10,12,21H2,(H,22,23);1H. The Labute approximate surface area is 151 Å². The third-order valence-electron chi connectivity index (χ3n) is 4.48. The van der Waals surface area contributed by atoms with Gasteiger partial charge in [-0.05, 0) is 37.4 Å². The molecule has 8 heteroatoms. The van der Waals surface area contributed by atoms with Gasteiger partial charge in [-0.15, -0.1) is 12.4 Å². The molecule has 0 aliphatic carbocycles. The summed E-state index contributed by atoms with van der Waals surface area (Å²) in [5.41, 5.74) is 4.79. The van der Waals surface area contributed by atoms with Crippen LogP contribution in [0.4, 0.5) is 13.2 Å². The maximum Gasteiger partial charge on any atom is 0.416 e. The van der Waals surface area contributed by atoms with Gasteiger partial charge in [0.1, 0.15) is 0 Å². The Hall–Kier alpha value is -1.31. The minimum Gasteiger partial charge on any atom is -0.381 e. The Morgan fingerprint density at radius 1 is 1.28 bits per heavy atom. The van der Waals surface area contributed by atoms with Crippen LogP contribution in [-0.4, -0.2) is 32.2 Å². The molecule has 0 radical (unpaired) electrons. The summed E-state index contributed by atoms with van der Waals surface area (Å²) >= 11 is 0. The average Bonchev–Trinajstić information content (AvgIpc) is 2.58. The van der Waals surface area contributed by atoms with Crippen molar-refractivity contribution in [1.82, 2.24) is 5.32 Å². The van der Waals surface area contributed by atoms with Crippen LogP contribution < -0.4 is 11.1 Å². The summed E-state index contributed by atoms with van der Waals surface area (Å²) in [4.78, 5) is 11.9.